The first kappa shape index (κ1) is 21.5. The summed E-state index contributed by atoms with van der Waals surface area (Å²) < 4.78 is 46.0. The molecule has 0 bridgehead atoms. The molecular formula is C20H22ClFN2O4S. The third-order valence-corrected chi connectivity index (χ3v) is 6.91. The second kappa shape index (κ2) is 9.11. The van der Waals surface area contributed by atoms with Crippen molar-refractivity contribution in [2.24, 2.45) is 5.92 Å². The normalized spacial score (nSPS) is 15.8. The van der Waals surface area contributed by atoms with E-state index < -0.39 is 10.0 Å². The van der Waals surface area contributed by atoms with Crippen LogP contribution in [0.3, 0.4) is 0 Å². The van der Waals surface area contributed by atoms with Crippen molar-refractivity contribution in [3.63, 3.8) is 0 Å². The Kier molecular flexibility index (Phi) is 6.77. The molecule has 1 aliphatic rings. The molecule has 1 heterocycles. The van der Waals surface area contributed by atoms with Gasteiger partial charge in [-0.25, -0.2) is 12.8 Å². The van der Waals surface area contributed by atoms with Crippen LogP contribution in [0, 0.1) is 11.7 Å². The molecule has 0 unspecified atom stereocenters. The van der Waals surface area contributed by atoms with Gasteiger partial charge in [0, 0.05) is 29.7 Å². The van der Waals surface area contributed by atoms with Gasteiger partial charge in [0.2, 0.25) is 15.9 Å². The fourth-order valence-electron chi connectivity index (χ4n) is 3.23. The first-order valence-electron chi connectivity index (χ1n) is 9.30. The number of carbonyl (C=O) groups is 1. The lowest BCUT2D eigenvalue weighted by Gasteiger charge is -2.31. The van der Waals surface area contributed by atoms with Crippen molar-refractivity contribution in [3.05, 3.63) is 53.3 Å². The molecule has 2 aromatic rings. The second-order valence-corrected chi connectivity index (χ2v) is 9.04. The van der Waals surface area contributed by atoms with Crippen LogP contribution in [0.15, 0.2) is 47.4 Å². The van der Waals surface area contributed by atoms with Crippen molar-refractivity contribution in [1.29, 1.82) is 0 Å². The first-order chi connectivity index (χ1) is 13.8. The summed E-state index contributed by atoms with van der Waals surface area (Å²) in [7, 11) is -3.80. The van der Waals surface area contributed by atoms with Crippen molar-refractivity contribution in [2.75, 3.05) is 25.0 Å². The minimum absolute atomic E-state index is 0.0288. The standard InChI is InChI=1S/C20H22ClFN2O4S/c1-2-28-18-8-3-15(21)13-19(18)29(26,27)24-11-9-14(10-12-24)20(25)23-17-6-4-16(22)5-7-17/h3-8,13-14H,2,9-12H2,1H3,(H,23,25). The Hall–Kier alpha value is -2.16. The molecule has 29 heavy (non-hydrogen) atoms. The number of hydrogen-bond donors (Lipinski definition) is 1. The number of nitrogens with one attached hydrogen (secondary N) is 1. The summed E-state index contributed by atoms with van der Waals surface area (Å²) in [6, 6.07) is 10.0. The molecule has 0 saturated carbocycles. The molecule has 3 rings (SSSR count). The number of ether oxygens (including phenoxy) is 1. The summed E-state index contributed by atoms with van der Waals surface area (Å²) >= 11 is 6.00. The predicted molar refractivity (Wildman–Crippen MR) is 109 cm³/mol. The molecular weight excluding hydrogens is 419 g/mol. The van der Waals surface area contributed by atoms with Crippen molar-refractivity contribution >= 4 is 33.2 Å². The molecule has 0 spiro atoms. The fourth-order valence-corrected chi connectivity index (χ4v) is 5.10. The van der Waals surface area contributed by atoms with Crippen molar-refractivity contribution in [3.8, 4) is 5.75 Å². The van der Waals surface area contributed by atoms with Crippen LogP contribution >= 0.6 is 11.6 Å². The molecule has 9 heteroatoms. The lowest BCUT2D eigenvalue weighted by molar-refractivity contribution is -0.120. The lowest BCUT2D eigenvalue weighted by atomic mass is 9.97. The van der Waals surface area contributed by atoms with E-state index in [1.807, 2.05) is 0 Å². The average Bonchev–Trinajstić information content (AvgIpc) is 2.71. The average molecular weight is 441 g/mol. The molecule has 1 amide bonds. The molecule has 0 aromatic heterocycles. The molecule has 1 N–H and O–H groups in total. The van der Waals surface area contributed by atoms with Crippen LogP contribution in [0.4, 0.5) is 10.1 Å². The van der Waals surface area contributed by atoms with Crippen LogP contribution in [-0.2, 0) is 14.8 Å². The molecule has 1 saturated heterocycles. The number of sulfonamides is 1. The van der Waals surface area contributed by atoms with Gasteiger partial charge in [-0.05, 0) is 62.2 Å². The molecule has 2 aromatic carbocycles. The van der Waals surface area contributed by atoms with Crippen LogP contribution in [0.25, 0.3) is 0 Å². The molecule has 156 valence electrons. The smallest absolute Gasteiger partial charge is 0.246 e. The second-order valence-electron chi connectivity index (χ2n) is 6.70. The van der Waals surface area contributed by atoms with E-state index in [0.717, 1.165) is 0 Å². The van der Waals surface area contributed by atoms with Gasteiger partial charge in [-0.2, -0.15) is 4.31 Å². The van der Waals surface area contributed by atoms with E-state index in [1.165, 1.54) is 34.6 Å². The summed E-state index contributed by atoms with van der Waals surface area (Å²) in [6.07, 6.45) is 0.771. The number of rotatable bonds is 6. The zero-order valence-electron chi connectivity index (χ0n) is 15.9. The molecule has 1 fully saturated rings. The number of carbonyl (C=O) groups excluding carboxylic acids is 1. The van der Waals surface area contributed by atoms with Gasteiger partial charge < -0.3 is 10.1 Å². The summed E-state index contributed by atoms with van der Waals surface area (Å²) in [6.45, 7) is 2.52. The summed E-state index contributed by atoms with van der Waals surface area (Å²) in [5.74, 6) is -0.648. The van der Waals surface area contributed by atoms with Gasteiger partial charge in [0.15, 0.2) is 0 Å². The number of amides is 1. The predicted octanol–water partition coefficient (Wildman–Crippen LogP) is 3.92. The number of halogens is 2. The Morgan fingerprint density at radius 1 is 1.21 bits per heavy atom. The summed E-state index contributed by atoms with van der Waals surface area (Å²) in [4.78, 5) is 12.5. The highest BCUT2D eigenvalue weighted by Gasteiger charge is 2.34. The van der Waals surface area contributed by atoms with Gasteiger partial charge in [0.1, 0.15) is 16.5 Å². The summed E-state index contributed by atoms with van der Waals surface area (Å²) in [5, 5.41) is 3.05. The maximum atomic E-state index is 13.1. The van der Waals surface area contributed by atoms with Crippen LogP contribution < -0.4 is 10.1 Å². The van der Waals surface area contributed by atoms with Crippen LogP contribution in [0.1, 0.15) is 19.8 Å². The minimum atomic E-state index is -3.80. The number of hydrogen-bond acceptors (Lipinski definition) is 4. The minimum Gasteiger partial charge on any atom is -0.492 e. The monoisotopic (exact) mass is 440 g/mol. The van der Waals surface area contributed by atoms with E-state index in [-0.39, 0.29) is 41.4 Å². The largest absolute Gasteiger partial charge is 0.492 e. The Morgan fingerprint density at radius 2 is 1.86 bits per heavy atom. The summed E-state index contributed by atoms with van der Waals surface area (Å²) in [5.41, 5.74) is 0.506. The Bertz CT molecular complexity index is 974. The number of nitrogens with zero attached hydrogens (tertiary/aromatic N) is 1. The zero-order chi connectivity index (χ0) is 21.0. The molecule has 1 aliphatic heterocycles. The van der Waals surface area contributed by atoms with E-state index >= 15 is 0 Å². The zero-order valence-corrected chi connectivity index (χ0v) is 17.5. The van der Waals surface area contributed by atoms with Crippen molar-refractivity contribution < 1.29 is 22.3 Å². The number of benzene rings is 2. The van der Waals surface area contributed by atoms with E-state index in [2.05, 4.69) is 5.32 Å². The maximum absolute atomic E-state index is 13.1. The van der Waals surface area contributed by atoms with Gasteiger partial charge in [-0.1, -0.05) is 11.6 Å². The van der Waals surface area contributed by atoms with Crippen molar-refractivity contribution in [2.45, 2.75) is 24.7 Å². The highest BCUT2D eigenvalue weighted by Crippen LogP contribution is 2.32. The quantitative estimate of drug-likeness (QED) is 0.738. The number of anilines is 1. The highest BCUT2D eigenvalue weighted by molar-refractivity contribution is 7.89. The van der Waals surface area contributed by atoms with E-state index in [1.54, 1.807) is 19.1 Å². The molecule has 0 radical (unpaired) electrons. The molecule has 0 atom stereocenters. The van der Waals surface area contributed by atoms with Gasteiger partial charge in [-0.15, -0.1) is 0 Å². The SMILES string of the molecule is CCOc1ccc(Cl)cc1S(=O)(=O)N1CCC(C(=O)Nc2ccc(F)cc2)CC1. The van der Waals surface area contributed by atoms with Crippen LogP contribution in [0.5, 0.6) is 5.75 Å². The van der Waals surface area contributed by atoms with Gasteiger partial charge in [0.05, 0.1) is 6.61 Å². The topological polar surface area (TPSA) is 75.7 Å². The Morgan fingerprint density at radius 3 is 2.48 bits per heavy atom. The third-order valence-electron chi connectivity index (χ3n) is 4.76. The Balaban J connectivity index is 1.67. The van der Waals surface area contributed by atoms with E-state index in [4.69, 9.17) is 16.3 Å². The van der Waals surface area contributed by atoms with E-state index in [9.17, 15) is 17.6 Å². The van der Waals surface area contributed by atoms with Gasteiger partial charge >= 0.3 is 0 Å². The third kappa shape index (κ3) is 5.07. The maximum Gasteiger partial charge on any atom is 0.246 e. The van der Waals surface area contributed by atoms with Crippen molar-refractivity contribution in [1.82, 2.24) is 4.31 Å². The van der Waals surface area contributed by atoms with E-state index in [0.29, 0.717) is 30.2 Å². The Labute approximate surface area is 174 Å². The first-order valence-corrected chi connectivity index (χ1v) is 11.1. The molecule has 6 nitrogen and oxygen atoms in total. The van der Waals surface area contributed by atoms with Crippen LogP contribution in [-0.4, -0.2) is 38.3 Å². The highest BCUT2D eigenvalue weighted by atomic mass is 35.5. The fraction of sp³-hybridized carbons (Fsp3) is 0.350. The van der Waals surface area contributed by atoms with Gasteiger partial charge in [0.25, 0.3) is 0 Å². The number of piperidine rings is 1. The lowest BCUT2D eigenvalue weighted by Crippen LogP contribution is -2.41. The van der Waals surface area contributed by atoms with Crippen LogP contribution in [0.2, 0.25) is 5.02 Å². The van der Waals surface area contributed by atoms with Gasteiger partial charge in [-0.3, -0.25) is 4.79 Å². The molecule has 0 aliphatic carbocycles.